The van der Waals surface area contributed by atoms with Crippen molar-refractivity contribution < 1.29 is 9.47 Å². The number of nitrogens with one attached hydrogen (secondary N) is 1. The van der Waals surface area contributed by atoms with Crippen LogP contribution in [0.25, 0.3) is 0 Å². The minimum atomic E-state index is 0.292. The standard InChI is InChI=1S/C18H23N3O2/c1-13-10-11-19-18(21-13)20-12-14-6-5-9-16(22-2)17(14)23-15-7-3-4-8-15/h5-6,9-11,15H,3-4,7-8,12H2,1-2H3,(H,19,20,21). The molecular formula is C18H23N3O2. The molecule has 23 heavy (non-hydrogen) atoms. The highest BCUT2D eigenvalue weighted by atomic mass is 16.5. The summed E-state index contributed by atoms with van der Waals surface area (Å²) in [6.45, 7) is 2.55. The highest BCUT2D eigenvalue weighted by molar-refractivity contribution is 5.48. The number of nitrogens with zero attached hydrogens (tertiary/aromatic N) is 2. The summed E-state index contributed by atoms with van der Waals surface area (Å²) in [6.07, 6.45) is 6.76. The molecule has 0 radical (unpaired) electrons. The number of para-hydroxylation sites is 1. The van der Waals surface area contributed by atoms with Gasteiger partial charge in [0.05, 0.1) is 13.2 Å². The van der Waals surface area contributed by atoms with E-state index >= 15 is 0 Å². The van der Waals surface area contributed by atoms with Crippen molar-refractivity contribution in [3.05, 3.63) is 41.7 Å². The zero-order valence-corrected chi connectivity index (χ0v) is 13.7. The minimum absolute atomic E-state index is 0.292. The summed E-state index contributed by atoms with van der Waals surface area (Å²) in [5.41, 5.74) is 2.00. The summed E-state index contributed by atoms with van der Waals surface area (Å²) in [5.74, 6) is 2.24. The van der Waals surface area contributed by atoms with Crippen molar-refractivity contribution in [2.24, 2.45) is 0 Å². The highest BCUT2D eigenvalue weighted by Gasteiger charge is 2.20. The van der Waals surface area contributed by atoms with Gasteiger partial charge in [0.1, 0.15) is 0 Å². The van der Waals surface area contributed by atoms with Crippen molar-refractivity contribution in [3.63, 3.8) is 0 Å². The molecule has 122 valence electrons. The van der Waals surface area contributed by atoms with E-state index in [1.165, 1.54) is 12.8 Å². The van der Waals surface area contributed by atoms with Crippen LogP contribution in [-0.4, -0.2) is 23.2 Å². The predicted molar refractivity (Wildman–Crippen MR) is 90.0 cm³/mol. The third-order valence-corrected chi connectivity index (χ3v) is 4.10. The maximum atomic E-state index is 6.23. The first kappa shape index (κ1) is 15.6. The Balaban J connectivity index is 1.77. The number of anilines is 1. The third-order valence-electron chi connectivity index (χ3n) is 4.10. The van der Waals surface area contributed by atoms with Crippen LogP contribution in [0, 0.1) is 6.92 Å². The lowest BCUT2D eigenvalue weighted by Crippen LogP contribution is -2.14. The number of ether oxygens (including phenoxy) is 2. The van der Waals surface area contributed by atoms with Crippen LogP contribution < -0.4 is 14.8 Å². The van der Waals surface area contributed by atoms with Crippen molar-refractivity contribution in [2.75, 3.05) is 12.4 Å². The summed E-state index contributed by atoms with van der Waals surface area (Å²) in [4.78, 5) is 8.61. The molecule has 5 nitrogen and oxygen atoms in total. The fourth-order valence-electron chi connectivity index (χ4n) is 2.88. The molecule has 5 heteroatoms. The monoisotopic (exact) mass is 313 g/mol. The molecule has 0 atom stereocenters. The molecule has 0 spiro atoms. The van der Waals surface area contributed by atoms with E-state index in [0.29, 0.717) is 18.6 Å². The number of aromatic nitrogens is 2. The minimum Gasteiger partial charge on any atom is -0.493 e. The maximum absolute atomic E-state index is 6.23. The van der Waals surface area contributed by atoms with E-state index in [9.17, 15) is 0 Å². The Morgan fingerprint density at radius 2 is 2.04 bits per heavy atom. The van der Waals surface area contributed by atoms with Gasteiger partial charge in [0.15, 0.2) is 11.5 Å². The van der Waals surface area contributed by atoms with Gasteiger partial charge in [-0.05, 0) is 44.7 Å². The second-order valence-electron chi connectivity index (χ2n) is 5.85. The largest absolute Gasteiger partial charge is 0.493 e. The zero-order valence-electron chi connectivity index (χ0n) is 13.7. The lowest BCUT2D eigenvalue weighted by Gasteiger charge is -2.19. The van der Waals surface area contributed by atoms with E-state index in [1.807, 2.05) is 25.1 Å². The van der Waals surface area contributed by atoms with Crippen LogP contribution in [-0.2, 0) is 6.54 Å². The Bertz CT molecular complexity index is 654. The van der Waals surface area contributed by atoms with E-state index in [1.54, 1.807) is 13.3 Å². The van der Waals surface area contributed by atoms with Gasteiger partial charge in [-0.25, -0.2) is 9.97 Å². The Morgan fingerprint density at radius 3 is 2.78 bits per heavy atom. The van der Waals surface area contributed by atoms with Crippen LogP contribution in [0.2, 0.25) is 0 Å². The molecule has 1 aromatic carbocycles. The summed E-state index contributed by atoms with van der Waals surface area (Å²) in [5, 5.41) is 3.26. The number of hydrogen-bond donors (Lipinski definition) is 1. The second kappa shape index (κ2) is 7.31. The first-order valence-electron chi connectivity index (χ1n) is 8.12. The molecule has 0 bridgehead atoms. The Morgan fingerprint density at radius 1 is 1.22 bits per heavy atom. The van der Waals surface area contributed by atoms with Gasteiger partial charge in [-0.15, -0.1) is 0 Å². The van der Waals surface area contributed by atoms with Gasteiger partial charge >= 0.3 is 0 Å². The van der Waals surface area contributed by atoms with Gasteiger partial charge in [-0.2, -0.15) is 0 Å². The maximum Gasteiger partial charge on any atom is 0.223 e. The molecule has 1 heterocycles. The lowest BCUT2D eigenvalue weighted by atomic mass is 10.1. The van der Waals surface area contributed by atoms with Gasteiger partial charge in [0.2, 0.25) is 5.95 Å². The molecule has 0 saturated heterocycles. The number of aryl methyl sites for hydroxylation is 1. The van der Waals surface area contributed by atoms with Crippen LogP contribution in [0.3, 0.4) is 0 Å². The van der Waals surface area contributed by atoms with Crippen LogP contribution >= 0.6 is 0 Å². The Kier molecular flexibility index (Phi) is 4.95. The van der Waals surface area contributed by atoms with Gasteiger partial charge in [0.25, 0.3) is 0 Å². The van der Waals surface area contributed by atoms with Crippen molar-refractivity contribution in [1.29, 1.82) is 0 Å². The Hall–Kier alpha value is -2.30. The summed E-state index contributed by atoms with van der Waals surface area (Å²) in [6, 6.07) is 7.85. The van der Waals surface area contributed by atoms with Crippen LogP contribution in [0.15, 0.2) is 30.5 Å². The average molecular weight is 313 g/mol. The summed E-state index contributed by atoms with van der Waals surface area (Å²) in [7, 11) is 1.68. The van der Waals surface area contributed by atoms with E-state index < -0.39 is 0 Å². The van der Waals surface area contributed by atoms with E-state index in [0.717, 1.165) is 35.6 Å². The topological polar surface area (TPSA) is 56.3 Å². The number of rotatable bonds is 6. The molecule has 0 aliphatic heterocycles. The molecule has 1 N–H and O–H groups in total. The SMILES string of the molecule is COc1cccc(CNc2nccc(C)n2)c1OC1CCCC1. The second-order valence-corrected chi connectivity index (χ2v) is 5.85. The van der Waals surface area contributed by atoms with Crippen LogP contribution in [0.5, 0.6) is 11.5 Å². The quantitative estimate of drug-likeness (QED) is 0.880. The molecule has 1 saturated carbocycles. The molecule has 0 amide bonds. The smallest absolute Gasteiger partial charge is 0.223 e. The first-order valence-corrected chi connectivity index (χ1v) is 8.12. The van der Waals surface area contributed by atoms with Gasteiger partial charge < -0.3 is 14.8 Å². The number of hydrogen-bond acceptors (Lipinski definition) is 5. The van der Waals surface area contributed by atoms with Crippen molar-refractivity contribution in [3.8, 4) is 11.5 Å². The number of benzene rings is 1. The lowest BCUT2D eigenvalue weighted by molar-refractivity contribution is 0.199. The number of methoxy groups -OCH3 is 1. The molecule has 1 aromatic heterocycles. The fraction of sp³-hybridized carbons (Fsp3) is 0.444. The van der Waals surface area contributed by atoms with Crippen molar-refractivity contribution in [2.45, 2.75) is 45.3 Å². The van der Waals surface area contributed by atoms with Crippen molar-refractivity contribution in [1.82, 2.24) is 9.97 Å². The molecule has 1 aliphatic rings. The van der Waals surface area contributed by atoms with E-state index in [-0.39, 0.29) is 0 Å². The van der Waals surface area contributed by atoms with Gasteiger partial charge in [0, 0.05) is 24.0 Å². The molecule has 0 unspecified atom stereocenters. The van der Waals surface area contributed by atoms with Crippen molar-refractivity contribution >= 4 is 5.95 Å². The van der Waals surface area contributed by atoms with Gasteiger partial charge in [-0.3, -0.25) is 0 Å². The summed E-state index contributed by atoms with van der Waals surface area (Å²) >= 11 is 0. The zero-order chi connectivity index (χ0) is 16.1. The van der Waals surface area contributed by atoms with Gasteiger partial charge in [-0.1, -0.05) is 12.1 Å². The predicted octanol–water partition coefficient (Wildman–Crippen LogP) is 3.73. The van der Waals surface area contributed by atoms with Crippen LogP contribution in [0.4, 0.5) is 5.95 Å². The molecule has 2 aromatic rings. The average Bonchev–Trinajstić information content (AvgIpc) is 3.07. The first-order chi connectivity index (χ1) is 11.3. The fourth-order valence-corrected chi connectivity index (χ4v) is 2.88. The molecule has 3 rings (SSSR count). The highest BCUT2D eigenvalue weighted by Crippen LogP contribution is 2.35. The summed E-state index contributed by atoms with van der Waals surface area (Å²) < 4.78 is 11.7. The van der Waals surface area contributed by atoms with E-state index in [4.69, 9.17) is 9.47 Å². The molecule has 1 fully saturated rings. The molecular weight excluding hydrogens is 290 g/mol. The van der Waals surface area contributed by atoms with Crippen LogP contribution in [0.1, 0.15) is 36.9 Å². The Labute approximate surface area is 137 Å². The normalized spacial score (nSPS) is 14.7. The molecule has 1 aliphatic carbocycles. The van der Waals surface area contributed by atoms with E-state index in [2.05, 4.69) is 21.4 Å². The third kappa shape index (κ3) is 3.92.